The van der Waals surface area contributed by atoms with Crippen molar-refractivity contribution in [2.45, 2.75) is 25.7 Å². The van der Waals surface area contributed by atoms with Gasteiger partial charge in [0.2, 0.25) is 5.55 Å². The maximum atomic E-state index is 14.1. The molecule has 0 fully saturated rings. The van der Waals surface area contributed by atoms with Crippen molar-refractivity contribution >= 4 is 44.8 Å². The summed E-state index contributed by atoms with van der Waals surface area (Å²) in [5.41, 5.74) is 7.76. The van der Waals surface area contributed by atoms with Gasteiger partial charge in [-0.1, -0.05) is 30.3 Å². The first-order chi connectivity index (χ1) is 16.0. The van der Waals surface area contributed by atoms with Crippen molar-refractivity contribution in [2.75, 3.05) is 5.32 Å². The molecule has 2 aromatic carbocycles. The minimum Gasteiger partial charge on any atom is -0.437 e. The van der Waals surface area contributed by atoms with Crippen molar-refractivity contribution in [1.82, 2.24) is 0 Å². The van der Waals surface area contributed by atoms with Crippen molar-refractivity contribution in [2.24, 2.45) is 10.7 Å². The molecular weight excluding hydrogens is 441 g/mol. The van der Waals surface area contributed by atoms with Crippen LogP contribution in [-0.4, -0.2) is 11.8 Å². The summed E-state index contributed by atoms with van der Waals surface area (Å²) in [5.74, 6) is -1.68. The molecule has 0 radical (unpaired) electrons. The molecule has 2 aromatic heterocycles. The molecule has 3 N–H and O–H groups in total. The van der Waals surface area contributed by atoms with E-state index in [2.05, 4.69) is 10.3 Å². The predicted octanol–water partition coefficient (Wildman–Crippen LogP) is 5.10. The lowest BCUT2D eigenvalue weighted by atomic mass is 9.95. The summed E-state index contributed by atoms with van der Waals surface area (Å²) in [6.45, 7) is 0. The zero-order valence-corrected chi connectivity index (χ0v) is 18.4. The molecule has 0 saturated heterocycles. The van der Waals surface area contributed by atoms with Gasteiger partial charge in [0.1, 0.15) is 22.0 Å². The lowest BCUT2D eigenvalue weighted by molar-refractivity contribution is 0.0997. The van der Waals surface area contributed by atoms with Gasteiger partial charge in [-0.3, -0.25) is 9.59 Å². The zero-order valence-electron chi connectivity index (χ0n) is 17.6. The van der Waals surface area contributed by atoms with Crippen LogP contribution < -0.4 is 16.6 Å². The van der Waals surface area contributed by atoms with Gasteiger partial charge in [0.25, 0.3) is 11.8 Å². The van der Waals surface area contributed by atoms with Crippen LogP contribution in [-0.2, 0) is 12.8 Å². The Balaban J connectivity index is 1.69. The Morgan fingerprint density at radius 3 is 2.64 bits per heavy atom. The van der Waals surface area contributed by atoms with Gasteiger partial charge in [0, 0.05) is 10.3 Å². The standard InChI is InChI=1S/C25H20FN3O3S/c26-17-9-3-4-10-18(17)28-23(31)16-13-14-7-1-5-11-19(14)32-24(16)29-25-21(22(27)30)15-8-2-6-12-20(15)33-25/h1,3-5,7,9-11,13H,2,6,8,12H2,(H2,27,30)(H,28,31). The van der Waals surface area contributed by atoms with Gasteiger partial charge in [0.05, 0.1) is 11.3 Å². The number of halogens is 1. The molecule has 6 nitrogen and oxygen atoms in total. The van der Waals surface area contributed by atoms with E-state index in [-0.39, 0.29) is 16.8 Å². The topological polar surface area (TPSA) is 97.7 Å². The quantitative estimate of drug-likeness (QED) is 0.443. The first kappa shape index (κ1) is 21.1. The highest BCUT2D eigenvalue weighted by Crippen LogP contribution is 2.39. The van der Waals surface area contributed by atoms with Crippen LogP contribution in [0.4, 0.5) is 15.1 Å². The molecule has 0 spiro atoms. The molecule has 2 heterocycles. The van der Waals surface area contributed by atoms with E-state index in [1.807, 2.05) is 12.1 Å². The molecule has 5 rings (SSSR count). The van der Waals surface area contributed by atoms with Gasteiger partial charge in [-0.25, -0.2) is 9.38 Å². The maximum absolute atomic E-state index is 14.1. The van der Waals surface area contributed by atoms with Crippen LogP contribution in [0.2, 0.25) is 0 Å². The number of carbonyl (C=O) groups excluding carboxylic acids is 2. The fourth-order valence-corrected chi connectivity index (χ4v) is 5.31. The van der Waals surface area contributed by atoms with Gasteiger partial charge in [-0.05, 0) is 55.5 Å². The van der Waals surface area contributed by atoms with E-state index in [4.69, 9.17) is 10.2 Å². The maximum Gasteiger partial charge on any atom is 0.261 e. The fraction of sp³-hybridized carbons (Fsp3) is 0.160. The number of primary amides is 1. The Kier molecular flexibility index (Phi) is 5.51. The molecule has 1 aliphatic rings. The second-order valence-corrected chi connectivity index (χ2v) is 8.89. The number of benzene rings is 2. The van der Waals surface area contributed by atoms with E-state index in [0.717, 1.165) is 36.1 Å². The molecule has 0 bridgehead atoms. The van der Waals surface area contributed by atoms with Crippen LogP contribution in [0.3, 0.4) is 0 Å². The SMILES string of the molecule is NC(=O)c1c(N=c2oc3ccccc3cc2C(=O)Nc2ccccc2F)sc2c1CCCC2. The number of hydrogen-bond acceptors (Lipinski definition) is 5. The van der Waals surface area contributed by atoms with E-state index < -0.39 is 17.6 Å². The second-order valence-electron chi connectivity index (χ2n) is 7.80. The Morgan fingerprint density at radius 1 is 1.06 bits per heavy atom. The fourth-order valence-electron chi connectivity index (χ4n) is 4.04. The van der Waals surface area contributed by atoms with Crippen LogP contribution in [0.1, 0.15) is 44.0 Å². The predicted molar refractivity (Wildman–Crippen MR) is 125 cm³/mol. The number of aryl methyl sites for hydroxylation is 1. The largest absolute Gasteiger partial charge is 0.437 e. The number of carbonyl (C=O) groups is 2. The summed E-state index contributed by atoms with van der Waals surface area (Å²) in [7, 11) is 0. The molecule has 33 heavy (non-hydrogen) atoms. The summed E-state index contributed by atoms with van der Waals surface area (Å²) in [4.78, 5) is 31.1. The van der Waals surface area contributed by atoms with Crippen molar-refractivity contribution < 1.29 is 18.4 Å². The third-order valence-electron chi connectivity index (χ3n) is 5.62. The van der Waals surface area contributed by atoms with E-state index in [9.17, 15) is 14.0 Å². The van der Waals surface area contributed by atoms with Gasteiger partial charge >= 0.3 is 0 Å². The highest BCUT2D eigenvalue weighted by molar-refractivity contribution is 7.16. The molecule has 166 valence electrons. The number of fused-ring (bicyclic) bond motifs is 2. The van der Waals surface area contributed by atoms with Crippen LogP contribution in [0, 0.1) is 5.82 Å². The molecule has 2 amide bonds. The summed E-state index contributed by atoms with van der Waals surface area (Å²) in [6.07, 6.45) is 3.67. The van der Waals surface area contributed by atoms with E-state index in [0.29, 0.717) is 21.5 Å². The second kappa shape index (κ2) is 8.63. The minimum atomic E-state index is -0.574. The average Bonchev–Trinajstić information content (AvgIpc) is 3.18. The Hall–Kier alpha value is -3.78. The smallest absolute Gasteiger partial charge is 0.261 e. The number of nitrogens with zero attached hydrogens (tertiary/aromatic N) is 1. The van der Waals surface area contributed by atoms with E-state index in [1.54, 1.807) is 30.3 Å². The number of nitrogens with one attached hydrogen (secondary N) is 1. The molecule has 0 unspecified atom stereocenters. The lowest BCUT2D eigenvalue weighted by Gasteiger charge is -2.10. The van der Waals surface area contributed by atoms with Crippen molar-refractivity contribution in [1.29, 1.82) is 0 Å². The summed E-state index contributed by atoms with van der Waals surface area (Å²) in [5, 5.41) is 3.70. The molecule has 0 saturated carbocycles. The Morgan fingerprint density at radius 2 is 1.82 bits per heavy atom. The average molecular weight is 462 g/mol. The van der Waals surface area contributed by atoms with Crippen LogP contribution in [0.25, 0.3) is 11.0 Å². The minimum absolute atomic E-state index is 0.0311. The number of thiophene rings is 1. The number of anilines is 1. The molecule has 8 heteroatoms. The number of rotatable bonds is 4. The van der Waals surface area contributed by atoms with Crippen molar-refractivity contribution in [3.8, 4) is 0 Å². The first-order valence-electron chi connectivity index (χ1n) is 10.6. The molecule has 1 aliphatic carbocycles. The zero-order chi connectivity index (χ0) is 22.9. The molecule has 0 atom stereocenters. The Labute approximate surface area is 192 Å². The first-order valence-corrected chi connectivity index (χ1v) is 11.4. The highest BCUT2D eigenvalue weighted by atomic mass is 32.1. The third kappa shape index (κ3) is 4.05. The lowest BCUT2D eigenvalue weighted by Crippen LogP contribution is -2.22. The van der Waals surface area contributed by atoms with Gasteiger partial charge in [-0.2, -0.15) is 0 Å². The number of nitrogens with two attached hydrogens (primary N) is 1. The molecule has 4 aromatic rings. The van der Waals surface area contributed by atoms with Gasteiger partial charge in [0.15, 0.2) is 0 Å². The summed E-state index contributed by atoms with van der Waals surface area (Å²) in [6, 6.07) is 14.8. The van der Waals surface area contributed by atoms with Crippen molar-refractivity contribution in [3.63, 3.8) is 0 Å². The van der Waals surface area contributed by atoms with Crippen LogP contribution in [0.15, 0.2) is 64.0 Å². The summed E-state index contributed by atoms with van der Waals surface area (Å²) < 4.78 is 20.1. The normalized spacial score (nSPS) is 13.7. The van der Waals surface area contributed by atoms with Crippen molar-refractivity contribution in [3.05, 3.63) is 87.5 Å². The van der Waals surface area contributed by atoms with Gasteiger partial charge in [-0.15, -0.1) is 11.3 Å². The van der Waals surface area contributed by atoms with Crippen LogP contribution in [0.5, 0.6) is 0 Å². The van der Waals surface area contributed by atoms with E-state index in [1.165, 1.54) is 23.5 Å². The van der Waals surface area contributed by atoms with Gasteiger partial charge < -0.3 is 15.5 Å². The monoisotopic (exact) mass is 461 g/mol. The Bertz CT molecular complexity index is 1470. The highest BCUT2D eigenvalue weighted by Gasteiger charge is 2.24. The number of hydrogen-bond donors (Lipinski definition) is 2. The van der Waals surface area contributed by atoms with Crippen LogP contribution >= 0.6 is 11.3 Å². The summed E-state index contributed by atoms with van der Waals surface area (Å²) >= 11 is 1.40. The third-order valence-corrected chi connectivity index (χ3v) is 6.81. The number of amides is 2. The molecular formula is C25H20FN3O3S. The number of para-hydroxylation sites is 2. The molecule has 0 aliphatic heterocycles. The van der Waals surface area contributed by atoms with E-state index >= 15 is 0 Å².